The number of rotatable bonds is 2. The van der Waals surface area contributed by atoms with Crippen molar-refractivity contribution in [2.24, 2.45) is 14.1 Å². The van der Waals surface area contributed by atoms with Gasteiger partial charge >= 0.3 is 0 Å². The van der Waals surface area contributed by atoms with Crippen LogP contribution in [-0.2, 0) is 23.7 Å². The molecule has 0 aliphatic heterocycles. The molecule has 1 aliphatic rings. The lowest BCUT2D eigenvalue weighted by molar-refractivity contribution is -0.670. The Labute approximate surface area is 125 Å². The molecule has 112 valence electrons. The quantitative estimate of drug-likeness (QED) is 0.563. The van der Waals surface area contributed by atoms with Crippen LogP contribution in [0.2, 0.25) is 0 Å². The van der Waals surface area contributed by atoms with Gasteiger partial charge in [0.05, 0.1) is 14.1 Å². The van der Waals surface area contributed by atoms with Gasteiger partial charge in [-0.2, -0.15) is 9.13 Å². The van der Waals surface area contributed by atoms with Crippen molar-refractivity contribution in [1.29, 1.82) is 0 Å². The van der Waals surface area contributed by atoms with Gasteiger partial charge in [-0.1, -0.05) is 0 Å². The van der Waals surface area contributed by atoms with Gasteiger partial charge in [0.25, 0.3) is 11.6 Å². The van der Waals surface area contributed by atoms with Crippen molar-refractivity contribution < 1.29 is 28.9 Å². The van der Waals surface area contributed by atoms with Crippen molar-refractivity contribution in [3.8, 4) is 0 Å². The fourth-order valence-electron chi connectivity index (χ4n) is 2.30. The number of carbonyl (C=O) groups excluding carboxylic acids is 2. The maximum absolute atomic E-state index is 12.4. The largest absolute Gasteiger partial charge is 0.501 e. The van der Waals surface area contributed by atoms with Crippen molar-refractivity contribution in [2.75, 3.05) is 0 Å². The van der Waals surface area contributed by atoms with E-state index in [4.69, 9.17) is 0 Å². The van der Waals surface area contributed by atoms with Crippen LogP contribution >= 0.6 is 0 Å². The first-order valence-corrected chi connectivity index (χ1v) is 6.43. The lowest BCUT2D eigenvalue weighted by Crippen LogP contribution is -2.29. The summed E-state index contributed by atoms with van der Waals surface area (Å²) < 4.78 is 5.86. The van der Waals surface area contributed by atoms with E-state index in [-0.39, 0.29) is 11.4 Å². The molecule has 0 atom stereocenters. The first-order valence-electron chi connectivity index (χ1n) is 6.43. The fourth-order valence-corrected chi connectivity index (χ4v) is 2.30. The predicted molar refractivity (Wildman–Crippen MR) is 72.9 cm³/mol. The van der Waals surface area contributed by atoms with Crippen LogP contribution in [0.4, 0.5) is 0 Å². The monoisotopic (exact) mass is 302 g/mol. The van der Waals surface area contributed by atoms with E-state index >= 15 is 0 Å². The number of Topliss-reactive ketones (excluding diaryl/α,β-unsaturated/α-hetero) is 2. The van der Waals surface area contributed by atoms with Gasteiger partial charge in [0.2, 0.25) is 35.6 Å². The van der Waals surface area contributed by atoms with Crippen molar-refractivity contribution in [3.63, 3.8) is 0 Å². The summed E-state index contributed by atoms with van der Waals surface area (Å²) in [6.07, 6.45) is 9.30. The van der Waals surface area contributed by atoms with E-state index in [1.165, 1.54) is 34.2 Å². The summed E-state index contributed by atoms with van der Waals surface area (Å²) in [6, 6.07) is 0. The highest BCUT2D eigenvalue weighted by atomic mass is 16.3. The van der Waals surface area contributed by atoms with Gasteiger partial charge in [0.15, 0.2) is 0 Å². The topological polar surface area (TPSA) is 92.2 Å². The van der Waals surface area contributed by atoms with E-state index in [0.29, 0.717) is 0 Å². The number of hydrogen-bond acceptors (Lipinski definition) is 4. The van der Waals surface area contributed by atoms with Crippen LogP contribution in [-0.4, -0.2) is 30.9 Å². The number of aliphatic hydroxyl groups is 2. The highest BCUT2D eigenvalue weighted by Gasteiger charge is 2.42. The minimum atomic E-state index is -0.820. The van der Waals surface area contributed by atoms with Crippen molar-refractivity contribution >= 4 is 23.0 Å². The SMILES string of the molecule is C[n+]1ccn(C2=C(O)C(=O)C(n3cc[n+](C)c3)=C(O)C2=O)c1. The molecule has 0 radical (unpaired) electrons. The lowest BCUT2D eigenvalue weighted by Gasteiger charge is -2.12. The molecule has 0 amide bonds. The van der Waals surface area contributed by atoms with Crippen LogP contribution in [0, 0.1) is 0 Å². The summed E-state index contributed by atoms with van der Waals surface area (Å²) in [5.74, 6) is -3.05. The molecule has 2 aromatic rings. The third-order valence-electron chi connectivity index (χ3n) is 3.36. The van der Waals surface area contributed by atoms with Crippen LogP contribution in [0.15, 0.2) is 49.0 Å². The first kappa shape index (κ1) is 13.8. The summed E-state index contributed by atoms with van der Waals surface area (Å²) in [6.45, 7) is 0. The van der Waals surface area contributed by atoms with E-state index in [0.717, 1.165) is 0 Å². The Kier molecular flexibility index (Phi) is 2.94. The van der Waals surface area contributed by atoms with Crippen LogP contribution in [0.1, 0.15) is 0 Å². The molecule has 8 nitrogen and oxygen atoms in total. The van der Waals surface area contributed by atoms with E-state index in [9.17, 15) is 19.8 Å². The molecular weight excluding hydrogens is 288 g/mol. The molecule has 0 saturated heterocycles. The van der Waals surface area contributed by atoms with Crippen LogP contribution in [0.5, 0.6) is 0 Å². The second-order valence-electron chi connectivity index (χ2n) is 5.03. The molecule has 3 rings (SSSR count). The zero-order valence-electron chi connectivity index (χ0n) is 12.0. The van der Waals surface area contributed by atoms with Crippen molar-refractivity contribution in [1.82, 2.24) is 9.13 Å². The number of aryl methyl sites for hydroxylation is 2. The molecule has 0 fully saturated rings. The summed E-state index contributed by atoms with van der Waals surface area (Å²) in [7, 11) is 3.45. The number of nitrogens with zero attached hydrogens (tertiary/aromatic N) is 4. The average Bonchev–Trinajstić information content (AvgIpc) is 3.07. The molecule has 2 N–H and O–H groups in total. The molecule has 0 saturated carbocycles. The summed E-state index contributed by atoms with van der Waals surface area (Å²) in [5, 5.41) is 20.3. The van der Waals surface area contributed by atoms with Gasteiger partial charge in [-0.05, 0) is 0 Å². The third kappa shape index (κ3) is 1.93. The minimum Gasteiger partial charge on any atom is -0.501 e. The minimum absolute atomic E-state index is 0.275. The zero-order valence-corrected chi connectivity index (χ0v) is 12.0. The Bertz CT molecular complexity index is 797. The second kappa shape index (κ2) is 4.69. The first-order chi connectivity index (χ1) is 10.4. The Morgan fingerprint density at radius 3 is 1.45 bits per heavy atom. The fraction of sp³-hybridized carbons (Fsp3) is 0.143. The van der Waals surface area contributed by atoms with Crippen molar-refractivity contribution in [3.05, 3.63) is 49.0 Å². The summed E-state index contributed by atoms with van der Waals surface area (Å²) in [5.41, 5.74) is -0.549. The third-order valence-corrected chi connectivity index (χ3v) is 3.36. The highest BCUT2D eigenvalue weighted by Crippen LogP contribution is 2.27. The maximum Gasteiger partial charge on any atom is 0.275 e. The van der Waals surface area contributed by atoms with E-state index < -0.39 is 23.1 Å². The number of carbonyl (C=O) groups is 2. The zero-order chi connectivity index (χ0) is 16.0. The van der Waals surface area contributed by atoms with Crippen LogP contribution in [0.3, 0.4) is 0 Å². The van der Waals surface area contributed by atoms with Crippen LogP contribution < -0.4 is 9.13 Å². The Morgan fingerprint density at radius 2 is 1.18 bits per heavy atom. The molecule has 2 aromatic heterocycles. The standard InChI is InChI=1S/C14H12N4O4/c1-15-3-5-17(7-15)9-11(19)13(21)10(14(22)12(9)20)18-6-4-16(2)8-18/h3-8H,1-2H3/p+2. The van der Waals surface area contributed by atoms with Crippen LogP contribution in [0.25, 0.3) is 11.4 Å². The van der Waals surface area contributed by atoms with Gasteiger partial charge in [0, 0.05) is 0 Å². The summed E-state index contributed by atoms with van der Waals surface area (Å²) in [4.78, 5) is 24.7. The number of allylic oxidation sites excluding steroid dienone is 2. The molecule has 0 bridgehead atoms. The molecule has 1 aliphatic carbocycles. The second-order valence-corrected chi connectivity index (χ2v) is 5.03. The number of aliphatic hydroxyl groups excluding tert-OH is 2. The van der Waals surface area contributed by atoms with Gasteiger partial charge in [-0.25, -0.2) is 9.13 Å². The van der Waals surface area contributed by atoms with E-state index in [1.54, 1.807) is 35.6 Å². The van der Waals surface area contributed by atoms with Gasteiger partial charge < -0.3 is 10.2 Å². The van der Waals surface area contributed by atoms with E-state index in [1.807, 2.05) is 0 Å². The molecule has 2 heterocycles. The number of aromatic nitrogens is 4. The average molecular weight is 302 g/mol. The maximum atomic E-state index is 12.4. The predicted octanol–water partition coefficient (Wildman–Crippen LogP) is -0.756. The summed E-state index contributed by atoms with van der Waals surface area (Å²) >= 11 is 0. The number of hydrogen-bond donors (Lipinski definition) is 2. The smallest absolute Gasteiger partial charge is 0.275 e. The molecular formula is C14H14N4O4+2. The Balaban J connectivity index is 2.15. The van der Waals surface area contributed by atoms with Gasteiger partial charge in [-0.3, -0.25) is 9.59 Å². The van der Waals surface area contributed by atoms with Crippen molar-refractivity contribution in [2.45, 2.75) is 0 Å². The normalized spacial score (nSPS) is 15.9. The molecule has 0 unspecified atom stereocenters. The lowest BCUT2D eigenvalue weighted by atomic mass is 10.0. The number of imidazole rings is 2. The van der Waals surface area contributed by atoms with Gasteiger partial charge in [0.1, 0.15) is 24.8 Å². The highest BCUT2D eigenvalue weighted by molar-refractivity contribution is 6.42. The molecule has 22 heavy (non-hydrogen) atoms. The number of ketones is 2. The Hall–Kier alpha value is -3.16. The Morgan fingerprint density at radius 1 is 0.818 bits per heavy atom. The van der Waals surface area contributed by atoms with E-state index in [2.05, 4.69) is 0 Å². The van der Waals surface area contributed by atoms with Gasteiger partial charge in [-0.15, -0.1) is 0 Å². The molecule has 0 aromatic carbocycles. The molecule has 0 spiro atoms. The molecule has 8 heteroatoms.